The Kier molecular flexibility index (Phi) is 5.33. The highest BCUT2D eigenvalue weighted by Gasteiger charge is 2.31. The minimum absolute atomic E-state index is 0.00949. The summed E-state index contributed by atoms with van der Waals surface area (Å²) in [6.07, 6.45) is 0.346. The molecule has 0 heterocycles. The van der Waals surface area contributed by atoms with Crippen LogP contribution in [0.25, 0.3) is 0 Å². The van der Waals surface area contributed by atoms with Gasteiger partial charge in [0.1, 0.15) is 0 Å². The highest BCUT2D eigenvalue weighted by atomic mass is 16.4. The molecule has 0 aromatic rings. The lowest BCUT2D eigenvalue weighted by molar-refractivity contribution is -0.137. The van der Waals surface area contributed by atoms with Crippen LogP contribution in [0.4, 0.5) is 0 Å². The molecule has 0 aromatic carbocycles. The van der Waals surface area contributed by atoms with Crippen molar-refractivity contribution in [3.8, 4) is 0 Å². The summed E-state index contributed by atoms with van der Waals surface area (Å²) in [6.45, 7) is 11.5. The Labute approximate surface area is 104 Å². The SMILES string of the molecule is CC(C)(C)N[C@@H](CCC(=O)O)C(=O)C(C)(C)C. The van der Waals surface area contributed by atoms with E-state index in [4.69, 9.17) is 5.11 Å². The molecule has 0 saturated carbocycles. The van der Waals surface area contributed by atoms with Gasteiger partial charge in [0.05, 0.1) is 6.04 Å². The van der Waals surface area contributed by atoms with Crippen LogP contribution in [-0.2, 0) is 9.59 Å². The van der Waals surface area contributed by atoms with Gasteiger partial charge in [-0.15, -0.1) is 0 Å². The summed E-state index contributed by atoms with van der Waals surface area (Å²) >= 11 is 0. The Morgan fingerprint density at radius 1 is 1.12 bits per heavy atom. The maximum absolute atomic E-state index is 12.2. The quantitative estimate of drug-likeness (QED) is 0.777. The average Bonchev–Trinajstić information content (AvgIpc) is 2.07. The molecule has 0 aromatic heterocycles. The molecule has 2 N–H and O–H groups in total. The predicted molar refractivity (Wildman–Crippen MR) is 68.0 cm³/mol. The molecule has 0 aliphatic rings. The van der Waals surface area contributed by atoms with E-state index in [9.17, 15) is 9.59 Å². The fourth-order valence-corrected chi connectivity index (χ4v) is 1.58. The van der Waals surface area contributed by atoms with Crippen LogP contribution in [-0.4, -0.2) is 28.4 Å². The fourth-order valence-electron chi connectivity index (χ4n) is 1.58. The third-order valence-electron chi connectivity index (χ3n) is 2.31. The number of carbonyl (C=O) groups excluding carboxylic acids is 1. The Bertz CT molecular complexity index is 284. The molecule has 0 fully saturated rings. The van der Waals surface area contributed by atoms with Gasteiger partial charge < -0.3 is 10.4 Å². The summed E-state index contributed by atoms with van der Waals surface area (Å²) < 4.78 is 0. The van der Waals surface area contributed by atoms with Crippen LogP contribution in [0.1, 0.15) is 54.4 Å². The number of carboxylic acids is 1. The van der Waals surface area contributed by atoms with Crippen LogP contribution < -0.4 is 5.32 Å². The molecule has 0 radical (unpaired) electrons. The van der Waals surface area contributed by atoms with Crippen LogP contribution in [0, 0.1) is 5.41 Å². The van der Waals surface area contributed by atoms with Gasteiger partial charge in [0.25, 0.3) is 0 Å². The second kappa shape index (κ2) is 5.63. The van der Waals surface area contributed by atoms with Gasteiger partial charge in [-0.3, -0.25) is 9.59 Å². The molecule has 4 nitrogen and oxygen atoms in total. The van der Waals surface area contributed by atoms with E-state index in [0.717, 1.165) is 0 Å². The molecular weight excluding hydrogens is 218 g/mol. The molecule has 0 aliphatic heterocycles. The lowest BCUT2D eigenvalue weighted by Crippen LogP contribution is -2.51. The highest BCUT2D eigenvalue weighted by molar-refractivity contribution is 5.89. The minimum Gasteiger partial charge on any atom is -0.481 e. The van der Waals surface area contributed by atoms with Crippen molar-refractivity contribution in [2.24, 2.45) is 5.41 Å². The van der Waals surface area contributed by atoms with Crippen molar-refractivity contribution in [3.63, 3.8) is 0 Å². The third-order valence-corrected chi connectivity index (χ3v) is 2.31. The first-order chi connectivity index (χ1) is 7.43. The largest absolute Gasteiger partial charge is 0.481 e. The van der Waals surface area contributed by atoms with Crippen molar-refractivity contribution in [1.29, 1.82) is 0 Å². The van der Waals surface area contributed by atoms with E-state index < -0.39 is 17.4 Å². The monoisotopic (exact) mass is 243 g/mol. The van der Waals surface area contributed by atoms with Gasteiger partial charge in [-0.2, -0.15) is 0 Å². The predicted octanol–water partition coefficient (Wildman–Crippen LogP) is 2.22. The summed E-state index contributed by atoms with van der Waals surface area (Å²) in [6, 6.07) is -0.397. The van der Waals surface area contributed by atoms with E-state index in [1.807, 2.05) is 41.5 Å². The van der Waals surface area contributed by atoms with Crippen LogP contribution in [0.15, 0.2) is 0 Å². The van der Waals surface area contributed by atoms with Gasteiger partial charge in [-0.1, -0.05) is 20.8 Å². The van der Waals surface area contributed by atoms with Crippen LogP contribution in [0.2, 0.25) is 0 Å². The van der Waals surface area contributed by atoms with E-state index >= 15 is 0 Å². The van der Waals surface area contributed by atoms with E-state index in [0.29, 0.717) is 6.42 Å². The van der Waals surface area contributed by atoms with Crippen molar-refractivity contribution in [2.75, 3.05) is 0 Å². The van der Waals surface area contributed by atoms with Crippen LogP contribution in [0.3, 0.4) is 0 Å². The van der Waals surface area contributed by atoms with Gasteiger partial charge >= 0.3 is 5.97 Å². The van der Waals surface area contributed by atoms with Crippen molar-refractivity contribution in [2.45, 2.75) is 66.0 Å². The standard InChI is InChI=1S/C13H25NO3/c1-12(2,3)11(17)9(7-8-10(15)16)14-13(4,5)6/h9,14H,7-8H2,1-6H3,(H,15,16)/t9-/m0/s1. The molecule has 0 amide bonds. The molecule has 4 heteroatoms. The summed E-state index contributed by atoms with van der Waals surface area (Å²) in [7, 11) is 0. The molecule has 0 aliphatic carbocycles. The van der Waals surface area contributed by atoms with Crippen molar-refractivity contribution in [3.05, 3.63) is 0 Å². The Morgan fingerprint density at radius 3 is 1.88 bits per heavy atom. The molecule has 0 saturated heterocycles. The Hall–Kier alpha value is -0.900. The minimum atomic E-state index is -0.868. The van der Waals surface area contributed by atoms with Crippen LogP contribution in [0.5, 0.6) is 0 Å². The Balaban J connectivity index is 4.73. The topological polar surface area (TPSA) is 66.4 Å². The maximum atomic E-state index is 12.2. The smallest absolute Gasteiger partial charge is 0.303 e. The maximum Gasteiger partial charge on any atom is 0.303 e. The van der Waals surface area contributed by atoms with Crippen molar-refractivity contribution in [1.82, 2.24) is 5.32 Å². The first-order valence-corrected chi connectivity index (χ1v) is 5.97. The van der Waals surface area contributed by atoms with Gasteiger partial charge in [-0.25, -0.2) is 0 Å². The number of hydrogen-bond donors (Lipinski definition) is 2. The fraction of sp³-hybridized carbons (Fsp3) is 0.846. The van der Waals surface area contributed by atoms with Gasteiger partial charge in [-0.05, 0) is 27.2 Å². The first-order valence-electron chi connectivity index (χ1n) is 5.97. The zero-order valence-electron chi connectivity index (χ0n) is 11.8. The first kappa shape index (κ1) is 16.1. The number of carboxylic acid groups (broad SMARTS) is 1. The number of hydrogen-bond acceptors (Lipinski definition) is 3. The van der Waals surface area contributed by atoms with E-state index in [1.165, 1.54) is 0 Å². The molecule has 100 valence electrons. The molecule has 1 atom stereocenters. The molecular formula is C13H25NO3. The number of rotatable bonds is 5. The molecule has 0 bridgehead atoms. The lowest BCUT2D eigenvalue weighted by Gasteiger charge is -2.31. The van der Waals surface area contributed by atoms with Crippen molar-refractivity contribution < 1.29 is 14.7 Å². The summed E-state index contributed by atoms with van der Waals surface area (Å²) in [5.41, 5.74) is -0.661. The molecule has 0 spiro atoms. The van der Waals surface area contributed by atoms with Gasteiger partial charge in [0.2, 0.25) is 0 Å². The lowest BCUT2D eigenvalue weighted by atomic mass is 9.84. The number of nitrogens with one attached hydrogen (secondary N) is 1. The number of aliphatic carboxylic acids is 1. The van der Waals surface area contributed by atoms with Gasteiger partial charge in [0, 0.05) is 17.4 Å². The normalized spacial score (nSPS) is 14.5. The second-order valence-electron chi connectivity index (χ2n) is 6.49. The van der Waals surface area contributed by atoms with Crippen LogP contribution >= 0.6 is 0 Å². The Morgan fingerprint density at radius 2 is 1.59 bits per heavy atom. The molecule has 0 unspecified atom stereocenters. The van der Waals surface area contributed by atoms with E-state index in [1.54, 1.807) is 0 Å². The number of ketones is 1. The third kappa shape index (κ3) is 7.10. The molecule has 17 heavy (non-hydrogen) atoms. The zero-order valence-corrected chi connectivity index (χ0v) is 11.8. The summed E-state index contributed by atoms with van der Waals surface area (Å²) in [5, 5.41) is 11.9. The number of Topliss-reactive ketones (excluding diaryl/α,β-unsaturated/α-hetero) is 1. The second-order valence-corrected chi connectivity index (χ2v) is 6.49. The van der Waals surface area contributed by atoms with E-state index in [-0.39, 0.29) is 17.7 Å². The molecule has 0 rings (SSSR count). The van der Waals surface area contributed by atoms with Crippen molar-refractivity contribution >= 4 is 11.8 Å². The highest BCUT2D eigenvalue weighted by Crippen LogP contribution is 2.20. The zero-order chi connectivity index (χ0) is 13.9. The van der Waals surface area contributed by atoms with Gasteiger partial charge in [0.15, 0.2) is 5.78 Å². The van der Waals surface area contributed by atoms with E-state index in [2.05, 4.69) is 5.32 Å². The summed E-state index contributed by atoms with van der Waals surface area (Å²) in [4.78, 5) is 22.8. The summed E-state index contributed by atoms with van der Waals surface area (Å²) in [5.74, 6) is -0.805. The number of carbonyl (C=O) groups is 2. The average molecular weight is 243 g/mol.